The number of rotatable bonds is 3. The van der Waals surface area contributed by atoms with Gasteiger partial charge in [0, 0.05) is 30.2 Å². The molecule has 0 aromatic heterocycles. The van der Waals surface area contributed by atoms with Crippen molar-refractivity contribution in [3.8, 4) is 0 Å². The Bertz CT molecular complexity index is 434. The molecule has 2 fully saturated rings. The van der Waals surface area contributed by atoms with Crippen molar-refractivity contribution in [3.63, 3.8) is 0 Å². The van der Waals surface area contributed by atoms with Gasteiger partial charge in [-0.15, -0.1) is 0 Å². The van der Waals surface area contributed by atoms with Gasteiger partial charge in [0.05, 0.1) is 5.69 Å². The fraction of sp³-hybridized carbons (Fsp3) is 0.571. The van der Waals surface area contributed by atoms with E-state index in [4.69, 9.17) is 11.6 Å². The SMILES string of the molecule is Fc1ccc(Cl)cc1N1CCCC(NC2CC2)C1. The molecule has 2 nitrogen and oxygen atoms in total. The molecule has 3 rings (SSSR count). The third-order valence-electron chi connectivity index (χ3n) is 3.72. The molecule has 0 amide bonds. The molecule has 98 valence electrons. The summed E-state index contributed by atoms with van der Waals surface area (Å²) in [4.78, 5) is 2.12. The number of nitrogens with zero attached hydrogens (tertiary/aromatic N) is 1. The highest BCUT2D eigenvalue weighted by molar-refractivity contribution is 6.30. The van der Waals surface area contributed by atoms with Gasteiger partial charge in [-0.1, -0.05) is 11.6 Å². The van der Waals surface area contributed by atoms with E-state index in [9.17, 15) is 4.39 Å². The van der Waals surface area contributed by atoms with E-state index in [1.165, 1.54) is 25.3 Å². The number of hydrogen-bond donors (Lipinski definition) is 1. The van der Waals surface area contributed by atoms with Crippen molar-refractivity contribution >= 4 is 17.3 Å². The van der Waals surface area contributed by atoms with Gasteiger partial charge < -0.3 is 10.2 Å². The normalized spacial score (nSPS) is 24.3. The van der Waals surface area contributed by atoms with Crippen LogP contribution >= 0.6 is 11.6 Å². The zero-order valence-electron chi connectivity index (χ0n) is 10.3. The molecular weight excluding hydrogens is 251 g/mol. The van der Waals surface area contributed by atoms with Crippen molar-refractivity contribution in [1.82, 2.24) is 5.32 Å². The molecule has 1 aliphatic heterocycles. The van der Waals surface area contributed by atoms with Crippen LogP contribution in [0.5, 0.6) is 0 Å². The molecular formula is C14H18ClFN2. The Balaban J connectivity index is 1.72. The number of anilines is 1. The van der Waals surface area contributed by atoms with E-state index < -0.39 is 0 Å². The molecule has 0 spiro atoms. The largest absolute Gasteiger partial charge is 0.368 e. The average Bonchev–Trinajstić information content (AvgIpc) is 3.16. The van der Waals surface area contributed by atoms with Gasteiger partial charge >= 0.3 is 0 Å². The third kappa shape index (κ3) is 2.78. The number of nitrogens with one attached hydrogen (secondary N) is 1. The highest BCUT2D eigenvalue weighted by Crippen LogP contribution is 2.28. The van der Waals surface area contributed by atoms with Gasteiger partial charge in [0.15, 0.2) is 0 Å². The number of benzene rings is 1. The van der Waals surface area contributed by atoms with Gasteiger partial charge in [-0.25, -0.2) is 4.39 Å². The summed E-state index contributed by atoms with van der Waals surface area (Å²) >= 11 is 5.96. The van der Waals surface area contributed by atoms with Gasteiger partial charge in [0.2, 0.25) is 0 Å². The van der Waals surface area contributed by atoms with Crippen molar-refractivity contribution in [2.75, 3.05) is 18.0 Å². The van der Waals surface area contributed by atoms with Crippen molar-refractivity contribution < 1.29 is 4.39 Å². The quantitative estimate of drug-likeness (QED) is 0.906. The summed E-state index contributed by atoms with van der Waals surface area (Å²) in [6.07, 6.45) is 4.88. The van der Waals surface area contributed by atoms with Crippen molar-refractivity contribution in [2.45, 2.75) is 37.8 Å². The maximum Gasteiger partial charge on any atom is 0.146 e. The van der Waals surface area contributed by atoms with Crippen molar-refractivity contribution in [2.24, 2.45) is 0 Å². The van der Waals surface area contributed by atoms with E-state index in [1.807, 2.05) is 0 Å². The van der Waals surface area contributed by atoms with E-state index >= 15 is 0 Å². The lowest BCUT2D eigenvalue weighted by molar-refractivity contribution is 0.417. The van der Waals surface area contributed by atoms with Gasteiger partial charge in [0.1, 0.15) is 5.82 Å². The lowest BCUT2D eigenvalue weighted by Crippen LogP contribution is -2.46. The van der Waals surface area contributed by atoms with Gasteiger partial charge in [-0.05, 0) is 43.9 Å². The molecule has 1 aromatic rings. The summed E-state index contributed by atoms with van der Waals surface area (Å²) in [5.74, 6) is -0.175. The molecule has 0 radical (unpaired) electrons. The Kier molecular flexibility index (Phi) is 3.44. The Morgan fingerprint density at radius 3 is 2.83 bits per heavy atom. The topological polar surface area (TPSA) is 15.3 Å². The molecule has 1 saturated heterocycles. The lowest BCUT2D eigenvalue weighted by Gasteiger charge is -2.35. The number of piperidine rings is 1. The molecule has 1 aromatic carbocycles. The second-order valence-electron chi connectivity index (χ2n) is 5.32. The second kappa shape index (κ2) is 5.06. The van der Waals surface area contributed by atoms with Crippen LogP contribution < -0.4 is 10.2 Å². The molecule has 2 aliphatic rings. The smallest absolute Gasteiger partial charge is 0.146 e. The van der Waals surface area contributed by atoms with E-state index in [0.717, 1.165) is 19.5 Å². The van der Waals surface area contributed by atoms with Crippen molar-refractivity contribution in [1.29, 1.82) is 0 Å². The summed E-state index contributed by atoms with van der Waals surface area (Å²) < 4.78 is 13.8. The third-order valence-corrected chi connectivity index (χ3v) is 3.95. The maximum atomic E-state index is 13.8. The van der Waals surface area contributed by atoms with Gasteiger partial charge in [-0.3, -0.25) is 0 Å². The Labute approximate surface area is 112 Å². The van der Waals surface area contributed by atoms with E-state index in [-0.39, 0.29) is 5.82 Å². The molecule has 1 N–H and O–H groups in total. The number of hydrogen-bond acceptors (Lipinski definition) is 2. The lowest BCUT2D eigenvalue weighted by atomic mass is 10.0. The molecule has 4 heteroatoms. The number of halogens is 2. The average molecular weight is 269 g/mol. The summed E-state index contributed by atoms with van der Waals surface area (Å²) in [5, 5.41) is 4.23. The predicted octanol–water partition coefficient (Wildman–Crippen LogP) is 3.20. The molecule has 1 aliphatic carbocycles. The van der Waals surface area contributed by atoms with Crippen LogP contribution in [-0.4, -0.2) is 25.2 Å². The minimum Gasteiger partial charge on any atom is -0.368 e. The Hall–Kier alpha value is -0.800. The first-order valence-corrected chi connectivity index (χ1v) is 7.06. The molecule has 18 heavy (non-hydrogen) atoms. The van der Waals surface area contributed by atoms with Crippen LogP contribution in [0.2, 0.25) is 5.02 Å². The zero-order chi connectivity index (χ0) is 12.5. The van der Waals surface area contributed by atoms with Crippen LogP contribution in [0.3, 0.4) is 0 Å². The highest BCUT2D eigenvalue weighted by atomic mass is 35.5. The van der Waals surface area contributed by atoms with E-state index in [1.54, 1.807) is 12.1 Å². The molecule has 1 heterocycles. The summed E-state index contributed by atoms with van der Waals surface area (Å²) in [5.41, 5.74) is 0.643. The molecule has 0 bridgehead atoms. The van der Waals surface area contributed by atoms with Crippen LogP contribution in [0, 0.1) is 5.82 Å². The van der Waals surface area contributed by atoms with E-state index in [0.29, 0.717) is 22.8 Å². The molecule has 1 saturated carbocycles. The Morgan fingerprint density at radius 1 is 1.22 bits per heavy atom. The minimum atomic E-state index is -0.175. The first-order chi connectivity index (χ1) is 8.72. The molecule has 1 atom stereocenters. The first-order valence-electron chi connectivity index (χ1n) is 6.68. The van der Waals surface area contributed by atoms with Gasteiger partial charge in [0.25, 0.3) is 0 Å². The minimum absolute atomic E-state index is 0.175. The predicted molar refractivity (Wildman–Crippen MR) is 72.8 cm³/mol. The Morgan fingerprint density at radius 2 is 2.06 bits per heavy atom. The summed E-state index contributed by atoms with van der Waals surface area (Å²) in [6.45, 7) is 1.80. The standard InChI is InChI=1S/C14H18ClFN2/c15-10-3-6-13(16)14(8-10)18-7-1-2-12(9-18)17-11-4-5-11/h3,6,8,11-12,17H,1-2,4-5,7,9H2. The van der Waals surface area contributed by atoms with Crippen LogP contribution in [0.4, 0.5) is 10.1 Å². The monoisotopic (exact) mass is 268 g/mol. The van der Waals surface area contributed by atoms with Crippen LogP contribution in [0.25, 0.3) is 0 Å². The van der Waals surface area contributed by atoms with Crippen LogP contribution in [0.1, 0.15) is 25.7 Å². The molecule has 1 unspecified atom stereocenters. The van der Waals surface area contributed by atoms with E-state index in [2.05, 4.69) is 10.2 Å². The van der Waals surface area contributed by atoms with Crippen LogP contribution in [0.15, 0.2) is 18.2 Å². The first kappa shape index (κ1) is 12.2. The summed E-state index contributed by atoms with van der Waals surface area (Å²) in [6, 6.07) is 5.99. The second-order valence-corrected chi connectivity index (χ2v) is 5.76. The highest BCUT2D eigenvalue weighted by Gasteiger charge is 2.28. The van der Waals surface area contributed by atoms with Crippen LogP contribution in [-0.2, 0) is 0 Å². The fourth-order valence-electron chi connectivity index (χ4n) is 2.64. The van der Waals surface area contributed by atoms with Crippen molar-refractivity contribution in [3.05, 3.63) is 29.0 Å². The summed E-state index contributed by atoms with van der Waals surface area (Å²) in [7, 11) is 0. The zero-order valence-corrected chi connectivity index (χ0v) is 11.1. The van der Waals surface area contributed by atoms with Gasteiger partial charge in [-0.2, -0.15) is 0 Å². The maximum absolute atomic E-state index is 13.8. The fourth-order valence-corrected chi connectivity index (χ4v) is 2.81.